The third kappa shape index (κ3) is 6.67. The fourth-order valence-electron chi connectivity index (χ4n) is 3.35. The van der Waals surface area contributed by atoms with Gasteiger partial charge in [-0.15, -0.1) is 0 Å². The van der Waals surface area contributed by atoms with Gasteiger partial charge in [-0.05, 0) is 24.8 Å². The van der Waals surface area contributed by atoms with Crippen LogP contribution < -0.4 is 27.2 Å². The Labute approximate surface area is 191 Å². The first-order chi connectivity index (χ1) is 15.7. The molecule has 0 atom stereocenters. The van der Waals surface area contributed by atoms with Gasteiger partial charge in [0.25, 0.3) is 11.2 Å². The molecule has 33 heavy (non-hydrogen) atoms. The van der Waals surface area contributed by atoms with Gasteiger partial charge in [-0.1, -0.05) is 39.3 Å². The number of nitrogens with zero attached hydrogens (tertiary/aromatic N) is 3. The summed E-state index contributed by atoms with van der Waals surface area (Å²) in [4.78, 5) is 52.3. The lowest BCUT2D eigenvalue weighted by Gasteiger charge is -2.25. The Balaban J connectivity index is 2.29. The minimum atomic E-state index is -0.714. The number of nitro groups is 1. The molecule has 0 radical (unpaired) electrons. The van der Waals surface area contributed by atoms with E-state index in [9.17, 15) is 24.5 Å². The fraction of sp³-hybridized carbons (Fsp3) is 0.500. The standard InChI is InChI=1S/C22H32N6O5/c1-4-5-13-27-20(23)19(21(30)25-22(27)31)26(14-11-15(2)3)18(29)10-12-24-16-8-6-7-9-17(16)28(32)33/h6-9,15,24H,4-5,10-14,23H2,1-3H3,(H,25,30,31). The van der Waals surface area contributed by atoms with Crippen molar-refractivity contribution in [3.05, 3.63) is 55.2 Å². The van der Waals surface area contributed by atoms with Crippen LogP contribution in [-0.4, -0.2) is 33.5 Å². The molecule has 0 aliphatic rings. The lowest BCUT2D eigenvalue weighted by atomic mass is 10.1. The van der Waals surface area contributed by atoms with Crippen LogP contribution in [0.2, 0.25) is 0 Å². The second-order valence-corrected chi connectivity index (χ2v) is 8.18. The van der Waals surface area contributed by atoms with Gasteiger partial charge in [0.2, 0.25) is 5.91 Å². The van der Waals surface area contributed by atoms with E-state index in [1.54, 1.807) is 18.2 Å². The zero-order valence-electron chi connectivity index (χ0n) is 19.3. The predicted molar refractivity (Wildman–Crippen MR) is 129 cm³/mol. The second-order valence-electron chi connectivity index (χ2n) is 8.18. The van der Waals surface area contributed by atoms with Crippen molar-refractivity contribution in [1.29, 1.82) is 0 Å². The largest absolute Gasteiger partial charge is 0.383 e. The number of anilines is 3. The van der Waals surface area contributed by atoms with E-state index in [-0.39, 0.29) is 48.5 Å². The molecule has 1 heterocycles. The summed E-state index contributed by atoms with van der Waals surface area (Å²) in [7, 11) is 0. The number of benzene rings is 1. The number of amides is 1. The van der Waals surface area contributed by atoms with E-state index in [2.05, 4.69) is 10.3 Å². The van der Waals surface area contributed by atoms with Crippen LogP contribution in [0.15, 0.2) is 33.9 Å². The summed E-state index contributed by atoms with van der Waals surface area (Å²) in [6, 6.07) is 6.15. The van der Waals surface area contributed by atoms with Crippen LogP contribution in [0.25, 0.3) is 0 Å². The molecule has 1 aromatic heterocycles. The van der Waals surface area contributed by atoms with E-state index in [0.717, 1.165) is 6.42 Å². The van der Waals surface area contributed by atoms with Crippen LogP contribution in [0.5, 0.6) is 0 Å². The SMILES string of the molecule is CCCCn1c(N)c(N(CCC(C)C)C(=O)CCNc2ccccc2[N+](=O)[O-])c(=O)[nH]c1=O. The number of nitrogens with one attached hydrogen (secondary N) is 2. The minimum Gasteiger partial charge on any atom is -0.383 e. The van der Waals surface area contributed by atoms with Gasteiger partial charge in [-0.3, -0.25) is 29.3 Å². The van der Waals surface area contributed by atoms with Crippen molar-refractivity contribution in [1.82, 2.24) is 9.55 Å². The third-order valence-electron chi connectivity index (χ3n) is 5.21. The molecule has 0 saturated carbocycles. The number of carbonyl (C=O) groups is 1. The van der Waals surface area contributed by atoms with Crippen molar-refractivity contribution in [3.8, 4) is 0 Å². The topological polar surface area (TPSA) is 156 Å². The maximum atomic E-state index is 13.1. The number of nitrogens with two attached hydrogens (primary N) is 1. The molecule has 0 fully saturated rings. The van der Waals surface area contributed by atoms with Gasteiger partial charge in [0, 0.05) is 32.1 Å². The Kier molecular flexibility index (Phi) is 9.19. The normalized spacial score (nSPS) is 10.9. The Hall–Kier alpha value is -3.63. The number of aromatic amines is 1. The highest BCUT2D eigenvalue weighted by molar-refractivity contribution is 5.95. The van der Waals surface area contributed by atoms with Crippen LogP contribution in [0, 0.1) is 16.0 Å². The molecule has 11 heteroatoms. The van der Waals surface area contributed by atoms with Crippen LogP contribution in [0.1, 0.15) is 46.5 Å². The zero-order valence-corrected chi connectivity index (χ0v) is 19.3. The van der Waals surface area contributed by atoms with Crippen molar-refractivity contribution >= 4 is 28.8 Å². The number of para-hydroxylation sites is 2. The minimum absolute atomic E-state index is 0.0306. The van der Waals surface area contributed by atoms with Gasteiger partial charge in [-0.25, -0.2) is 4.79 Å². The predicted octanol–water partition coefficient (Wildman–Crippen LogP) is 2.71. The summed E-state index contributed by atoms with van der Waals surface area (Å²) >= 11 is 0. The molecule has 180 valence electrons. The lowest BCUT2D eigenvalue weighted by Crippen LogP contribution is -2.42. The number of H-pyrrole nitrogens is 1. The third-order valence-corrected chi connectivity index (χ3v) is 5.21. The number of carbonyl (C=O) groups excluding carboxylic acids is 1. The summed E-state index contributed by atoms with van der Waals surface area (Å²) in [5.74, 6) is -0.155. The number of nitrogen functional groups attached to an aromatic ring is 1. The van der Waals surface area contributed by atoms with Crippen molar-refractivity contribution < 1.29 is 9.72 Å². The average molecular weight is 461 g/mol. The highest BCUT2D eigenvalue weighted by Gasteiger charge is 2.24. The first-order valence-electron chi connectivity index (χ1n) is 11.1. The fourth-order valence-corrected chi connectivity index (χ4v) is 3.35. The number of rotatable bonds is 12. The van der Waals surface area contributed by atoms with Gasteiger partial charge in [-0.2, -0.15) is 0 Å². The molecule has 0 saturated heterocycles. The second kappa shape index (κ2) is 11.8. The van der Waals surface area contributed by atoms with E-state index in [4.69, 9.17) is 5.73 Å². The Morgan fingerprint density at radius 2 is 2.00 bits per heavy atom. The molecule has 0 spiro atoms. The first kappa shape index (κ1) is 25.6. The van der Waals surface area contributed by atoms with E-state index in [0.29, 0.717) is 25.1 Å². The van der Waals surface area contributed by atoms with Crippen LogP contribution >= 0.6 is 0 Å². The van der Waals surface area contributed by atoms with Crippen molar-refractivity contribution in [3.63, 3.8) is 0 Å². The molecular formula is C22H32N6O5. The number of nitro benzene ring substituents is 1. The quantitative estimate of drug-likeness (QED) is 0.325. The summed E-state index contributed by atoms with van der Waals surface area (Å²) in [5, 5.41) is 14.1. The zero-order chi connectivity index (χ0) is 24.5. The van der Waals surface area contributed by atoms with Crippen LogP contribution in [-0.2, 0) is 11.3 Å². The molecule has 0 unspecified atom stereocenters. The van der Waals surface area contributed by atoms with E-state index < -0.39 is 16.2 Å². The smallest absolute Gasteiger partial charge is 0.330 e. The van der Waals surface area contributed by atoms with Gasteiger partial charge in [0.15, 0.2) is 5.69 Å². The molecular weight excluding hydrogens is 428 g/mol. The molecule has 4 N–H and O–H groups in total. The van der Waals surface area contributed by atoms with E-state index >= 15 is 0 Å². The molecule has 1 aromatic carbocycles. The van der Waals surface area contributed by atoms with Gasteiger partial charge < -0.3 is 16.0 Å². The van der Waals surface area contributed by atoms with Gasteiger partial charge in [0.1, 0.15) is 11.5 Å². The summed E-state index contributed by atoms with van der Waals surface area (Å²) in [6.45, 7) is 6.66. The lowest BCUT2D eigenvalue weighted by molar-refractivity contribution is -0.384. The maximum Gasteiger partial charge on any atom is 0.330 e. The first-order valence-corrected chi connectivity index (χ1v) is 11.1. The highest BCUT2D eigenvalue weighted by atomic mass is 16.6. The molecule has 0 aliphatic carbocycles. The molecule has 0 bridgehead atoms. The van der Waals surface area contributed by atoms with E-state index in [1.807, 2.05) is 20.8 Å². The Morgan fingerprint density at radius 1 is 1.30 bits per heavy atom. The van der Waals surface area contributed by atoms with Crippen molar-refractivity contribution in [2.24, 2.45) is 5.92 Å². The van der Waals surface area contributed by atoms with Crippen LogP contribution in [0.4, 0.5) is 22.9 Å². The summed E-state index contributed by atoms with van der Waals surface area (Å²) in [6.07, 6.45) is 2.11. The van der Waals surface area contributed by atoms with Crippen LogP contribution in [0.3, 0.4) is 0 Å². The molecule has 2 rings (SSSR count). The summed E-state index contributed by atoms with van der Waals surface area (Å²) in [5.41, 5.74) is 5.05. The highest BCUT2D eigenvalue weighted by Crippen LogP contribution is 2.24. The number of hydrogen-bond donors (Lipinski definition) is 3. The summed E-state index contributed by atoms with van der Waals surface area (Å²) < 4.78 is 1.28. The Bertz CT molecular complexity index is 1090. The number of aromatic nitrogens is 2. The molecule has 2 aromatic rings. The average Bonchev–Trinajstić information content (AvgIpc) is 2.75. The van der Waals surface area contributed by atoms with Gasteiger partial charge in [0.05, 0.1) is 4.92 Å². The molecule has 1 amide bonds. The van der Waals surface area contributed by atoms with Crippen molar-refractivity contribution in [2.75, 3.05) is 29.0 Å². The Morgan fingerprint density at radius 3 is 2.64 bits per heavy atom. The van der Waals surface area contributed by atoms with Crippen molar-refractivity contribution in [2.45, 2.75) is 53.0 Å². The molecule has 11 nitrogen and oxygen atoms in total. The monoisotopic (exact) mass is 460 g/mol. The molecule has 0 aliphatic heterocycles. The van der Waals surface area contributed by atoms with Gasteiger partial charge >= 0.3 is 5.69 Å². The maximum absolute atomic E-state index is 13.1. The number of unbranched alkanes of at least 4 members (excludes halogenated alkanes) is 1. The van der Waals surface area contributed by atoms with E-state index in [1.165, 1.54) is 15.5 Å². The number of hydrogen-bond acceptors (Lipinski definition) is 7.